The van der Waals surface area contributed by atoms with Crippen molar-refractivity contribution >= 4 is 0 Å². The van der Waals surface area contributed by atoms with Gasteiger partial charge in [-0.3, -0.25) is 4.98 Å². The molecule has 0 radical (unpaired) electrons. The van der Waals surface area contributed by atoms with Crippen molar-refractivity contribution in [2.75, 3.05) is 7.11 Å². The Kier molecular flexibility index (Phi) is 2.49. The maximum atomic E-state index is 5.26. The largest absolute Gasteiger partial charge is 0.480 e. The highest BCUT2D eigenvalue weighted by Gasteiger charge is 2.26. The quantitative estimate of drug-likeness (QED) is 0.848. The lowest BCUT2D eigenvalue weighted by Crippen LogP contribution is -2.16. The van der Waals surface area contributed by atoms with Crippen molar-refractivity contribution in [2.24, 2.45) is 0 Å². The number of rotatable bonds is 2. The zero-order valence-corrected chi connectivity index (χ0v) is 9.55. The molecule has 4 heteroatoms. The molecule has 1 atom stereocenters. The second kappa shape index (κ2) is 4.14. The molecule has 0 spiro atoms. The number of ether oxygens (including phenoxy) is 1. The molecule has 1 aromatic carbocycles. The molecule has 86 valence electrons. The molecule has 1 N–H and O–H groups in total. The van der Waals surface area contributed by atoms with Crippen LogP contribution >= 0.6 is 0 Å². The number of hydrogen-bond acceptors (Lipinski definition) is 4. The lowest BCUT2D eigenvalue weighted by Gasteiger charge is -2.13. The first-order chi connectivity index (χ1) is 8.40. The van der Waals surface area contributed by atoms with E-state index >= 15 is 0 Å². The van der Waals surface area contributed by atoms with Crippen molar-refractivity contribution in [1.82, 2.24) is 15.3 Å². The van der Waals surface area contributed by atoms with Crippen LogP contribution in [0.5, 0.6) is 5.88 Å². The van der Waals surface area contributed by atoms with Crippen molar-refractivity contribution in [2.45, 2.75) is 12.6 Å². The molecule has 3 rings (SSSR count). The summed E-state index contributed by atoms with van der Waals surface area (Å²) >= 11 is 0. The normalized spacial score (nSPS) is 17.8. The fourth-order valence-corrected chi connectivity index (χ4v) is 2.23. The van der Waals surface area contributed by atoms with Gasteiger partial charge in [-0.2, -0.15) is 0 Å². The summed E-state index contributed by atoms with van der Waals surface area (Å²) in [7, 11) is 1.62. The predicted molar refractivity (Wildman–Crippen MR) is 63.7 cm³/mol. The summed E-state index contributed by atoms with van der Waals surface area (Å²) in [6, 6.07) is 8.42. The first-order valence-electron chi connectivity index (χ1n) is 5.56. The number of methoxy groups -OCH3 is 1. The Hall–Kier alpha value is -1.94. The average molecular weight is 227 g/mol. The SMILES string of the molecule is COc1nccnc1C1NCc2ccccc21. The highest BCUT2D eigenvalue weighted by atomic mass is 16.5. The maximum absolute atomic E-state index is 5.26. The molecule has 0 fully saturated rings. The molecule has 0 bridgehead atoms. The van der Waals surface area contributed by atoms with Crippen LogP contribution in [0.15, 0.2) is 36.7 Å². The molecule has 1 unspecified atom stereocenters. The third kappa shape index (κ3) is 1.66. The van der Waals surface area contributed by atoms with E-state index in [0.717, 1.165) is 12.2 Å². The van der Waals surface area contributed by atoms with Gasteiger partial charge in [0.05, 0.1) is 13.2 Å². The van der Waals surface area contributed by atoms with Crippen molar-refractivity contribution in [3.63, 3.8) is 0 Å². The van der Waals surface area contributed by atoms with Gasteiger partial charge in [-0.1, -0.05) is 24.3 Å². The number of fused-ring (bicyclic) bond motifs is 1. The Morgan fingerprint density at radius 3 is 2.94 bits per heavy atom. The Labute approximate surface area is 99.7 Å². The highest BCUT2D eigenvalue weighted by molar-refractivity contribution is 5.41. The van der Waals surface area contributed by atoms with Gasteiger partial charge in [0.2, 0.25) is 5.88 Å². The minimum atomic E-state index is 0.0786. The Morgan fingerprint density at radius 1 is 1.24 bits per heavy atom. The minimum Gasteiger partial charge on any atom is -0.480 e. The van der Waals surface area contributed by atoms with Gasteiger partial charge >= 0.3 is 0 Å². The Bertz CT molecular complexity index is 542. The molecular formula is C13H13N3O. The third-order valence-corrected chi connectivity index (χ3v) is 3.02. The number of aromatic nitrogens is 2. The average Bonchev–Trinajstić information content (AvgIpc) is 2.82. The molecule has 1 aromatic heterocycles. The van der Waals surface area contributed by atoms with E-state index in [1.807, 2.05) is 6.07 Å². The van der Waals surface area contributed by atoms with Gasteiger partial charge in [-0.05, 0) is 11.1 Å². The van der Waals surface area contributed by atoms with Gasteiger partial charge < -0.3 is 10.1 Å². The van der Waals surface area contributed by atoms with Gasteiger partial charge in [-0.25, -0.2) is 4.98 Å². The number of nitrogens with one attached hydrogen (secondary N) is 1. The monoisotopic (exact) mass is 227 g/mol. The van der Waals surface area contributed by atoms with Crippen LogP contribution in [0, 0.1) is 0 Å². The number of hydrogen-bond donors (Lipinski definition) is 1. The number of nitrogens with zero attached hydrogens (tertiary/aromatic N) is 2. The third-order valence-electron chi connectivity index (χ3n) is 3.02. The maximum Gasteiger partial charge on any atom is 0.237 e. The standard InChI is InChI=1S/C13H13N3O/c1-17-13-12(14-6-7-15-13)11-10-5-3-2-4-9(10)8-16-11/h2-7,11,16H,8H2,1H3. The fraction of sp³-hybridized carbons (Fsp3) is 0.231. The molecule has 4 nitrogen and oxygen atoms in total. The summed E-state index contributed by atoms with van der Waals surface area (Å²) in [4.78, 5) is 8.57. The lowest BCUT2D eigenvalue weighted by molar-refractivity contribution is 0.384. The Morgan fingerprint density at radius 2 is 2.06 bits per heavy atom. The summed E-state index contributed by atoms with van der Waals surface area (Å²) in [6.07, 6.45) is 3.34. The molecule has 0 saturated carbocycles. The molecular weight excluding hydrogens is 214 g/mol. The molecule has 0 amide bonds. The van der Waals surface area contributed by atoms with Crippen molar-refractivity contribution in [3.05, 3.63) is 53.5 Å². The van der Waals surface area contributed by atoms with Crippen LogP contribution < -0.4 is 10.1 Å². The van der Waals surface area contributed by atoms with Crippen LogP contribution in [0.3, 0.4) is 0 Å². The van der Waals surface area contributed by atoms with E-state index in [9.17, 15) is 0 Å². The van der Waals surface area contributed by atoms with Gasteiger partial charge in [0.15, 0.2) is 0 Å². The van der Waals surface area contributed by atoms with Crippen LogP contribution in [0.4, 0.5) is 0 Å². The van der Waals surface area contributed by atoms with Gasteiger partial charge in [-0.15, -0.1) is 0 Å². The second-order valence-electron chi connectivity index (χ2n) is 3.96. The van der Waals surface area contributed by atoms with E-state index < -0.39 is 0 Å². The van der Waals surface area contributed by atoms with Gasteiger partial charge in [0.25, 0.3) is 0 Å². The van der Waals surface area contributed by atoms with E-state index in [0.29, 0.717) is 5.88 Å². The summed E-state index contributed by atoms with van der Waals surface area (Å²) < 4.78 is 5.26. The van der Waals surface area contributed by atoms with Gasteiger partial charge in [0, 0.05) is 18.9 Å². The van der Waals surface area contributed by atoms with Crippen molar-refractivity contribution < 1.29 is 4.74 Å². The topological polar surface area (TPSA) is 47.0 Å². The van der Waals surface area contributed by atoms with E-state index in [-0.39, 0.29) is 6.04 Å². The van der Waals surface area contributed by atoms with E-state index in [2.05, 4.69) is 33.5 Å². The molecule has 1 aliphatic heterocycles. The van der Waals surface area contributed by atoms with Crippen LogP contribution in [-0.2, 0) is 6.54 Å². The number of benzene rings is 1. The molecule has 17 heavy (non-hydrogen) atoms. The van der Waals surface area contributed by atoms with Crippen LogP contribution in [-0.4, -0.2) is 17.1 Å². The lowest BCUT2D eigenvalue weighted by atomic mass is 10.0. The second-order valence-corrected chi connectivity index (χ2v) is 3.96. The first-order valence-corrected chi connectivity index (χ1v) is 5.56. The minimum absolute atomic E-state index is 0.0786. The van der Waals surface area contributed by atoms with Crippen molar-refractivity contribution in [3.8, 4) is 5.88 Å². The first kappa shape index (κ1) is 10.2. The zero-order valence-electron chi connectivity index (χ0n) is 9.55. The highest BCUT2D eigenvalue weighted by Crippen LogP contribution is 2.32. The predicted octanol–water partition coefficient (Wildman–Crippen LogP) is 1.68. The fourth-order valence-electron chi connectivity index (χ4n) is 2.23. The molecule has 0 saturated heterocycles. The summed E-state index contributed by atoms with van der Waals surface area (Å²) in [6.45, 7) is 0.862. The summed E-state index contributed by atoms with van der Waals surface area (Å²) in [5.41, 5.74) is 3.41. The van der Waals surface area contributed by atoms with Gasteiger partial charge in [0.1, 0.15) is 5.69 Å². The zero-order chi connectivity index (χ0) is 11.7. The molecule has 1 aliphatic rings. The van der Waals surface area contributed by atoms with E-state index in [1.54, 1.807) is 19.5 Å². The van der Waals surface area contributed by atoms with Crippen LogP contribution in [0.25, 0.3) is 0 Å². The molecule has 2 heterocycles. The smallest absolute Gasteiger partial charge is 0.237 e. The summed E-state index contributed by atoms with van der Waals surface area (Å²) in [5, 5.41) is 3.43. The van der Waals surface area contributed by atoms with Crippen LogP contribution in [0.1, 0.15) is 22.9 Å². The van der Waals surface area contributed by atoms with Crippen molar-refractivity contribution in [1.29, 1.82) is 0 Å². The summed E-state index contributed by atoms with van der Waals surface area (Å²) in [5.74, 6) is 0.585. The molecule has 0 aliphatic carbocycles. The van der Waals surface area contributed by atoms with E-state index in [1.165, 1.54) is 11.1 Å². The molecule has 2 aromatic rings. The van der Waals surface area contributed by atoms with Crippen LogP contribution in [0.2, 0.25) is 0 Å². The van der Waals surface area contributed by atoms with E-state index in [4.69, 9.17) is 4.74 Å². The Balaban J connectivity index is 2.07.